The van der Waals surface area contributed by atoms with Gasteiger partial charge in [0.25, 0.3) is 11.7 Å². The Labute approximate surface area is 195 Å². The van der Waals surface area contributed by atoms with E-state index in [0.717, 1.165) is 5.69 Å². The van der Waals surface area contributed by atoms with Crippen LogP contribution in [0.25, 0.3) is 5.76 Å². The zero-order chi connectivity index (χ0) is 23.0. The van der Waals surface area contributed by atoms with Gasteiger partial charge in [0, 0.05) is 26.3 Å². The van der Waals surface area contributed by atoms with Crippen molar-refractivity contribution in [3.05, 3.63) is 63.1 Å². The molecule has 1 N–H and O–H groups in total. The zero-order valence-corrected chi connectivity index (χ0v) is 19.1. The number of aliphatic hydroxyl groups excluding tert-OH is 1. The topological polar surface area (TPSA) is 79.3 Å². The van der Waals surface area contributed by atoms with Gasteiger partial charge in [0.2, 0.25) is 0 Å². The molecule has 1 atom stereocenters. The number of ether oxygens (including phenoxy) is 2. The number of halogens is 2. The van der Waals surface area contributed by atoms with E-state index in [9.17, 15) is 14.7 Å². The van der Waals surface area contributed by atoms with Crippen molar-refractivity contribution in [2.24, 2.45) is 0 Å². The third kappa shape index (κ3) is 3.92. The van der Waals surface area contributed by atoms with Crippen LogP contribution in [0.15, 0.2) is 42.0 Å². The van der Waals surface area contributed by atoms with Gasteiger partial charge in [0.15, 0.2) is 0 Å². The van der Waals surface area contributed by atoms with Gasteiger partial charge in [-0.3, -0.25) is 9.59 Å². The molecule has 0 aliphatic carbocycles. The molecule has 2 aliphatic rings. The normalized spacial score (nSPS) is 19.8. The molecule has 0 spiro atoms. The summed E-state index contributed by atoms with van der Waals surface area (Å²) in [6, 6.07) is 9.22. The number of likely N-dealkylation sites (tertiary alicyclic amines) is 1. The number of amides is 1. The molecule has 0 aromatic heterocycles. The highest BCUT2D eigenvalue weighted by molar-refractivity contribution is 6.46. The Morgan fingerprint density at radius 1 is 1.19 bits per heavy atom. The van der Waals surface area contributed by atoms with E-state index in [1.807, 2.05) is 11.9 Å². The van der Waals surface area contributed by atoms with Crippen LogP contribution in [0.3, 0.4) is 0 Å². The number of carbonyl (C=O) groups excluding carboxylic acids is 2. The van der Waals surface area contributed by atoms with E-state index in [1.54, 1.807) is 36.4 Å². The van der Waals surface area contributed by atoms with Crippen LogP contribution >= 0.6 is 23.2 Å². The smallest absolute Gasteiger partial charge is 0.295 e. The monoisotopic (exact) mass is 476 g/mol. The number of ketones is 1. The van der Waals surface area contributed by atoms with Crippen LogP contribution in [-0.2, 0) is 14.3 Å². The Morgan fingerprint density at radius 2 is 1.97 bits per heavy atom. The largest absolute Gasteiger partial charge is 0.507 e. The van der Waals surface area contributed by atoms with Crippen molar-refractivity contribution in [3.63, 3.8) is 0 Å². The highest BCUT2D eigenvalue weighted by atomic mass is 35.5. The Bertz CT molecular complexity index is 1120. The molecule has 2 aromatic rings. The summed E-state index contributed by atoms with van der Waals surface area (Å²) in [5.41, 5.74) is 1.76. The van der Waals surface area contributed by atoms with E-state index < -0.39 is 17.7 Å². The van der Waals surface area contributed by atoms with Crippen LogP contribution in [0.1, 0.15) is 17.2 Å². The third-order valence-electron chi connectivity index (χ3n) is 5.66. The molecule has 9 heteroatoms. The van der Waals surface area contributed by atoms with Crippen molar-refractivity contribution in [1.29, 1.82) is 0 Å². The van der Waals surface area contributed by atoms with Crippen molar-refractivity contribution in [3.8, 4) is 5.75 Å². The average molecular weight is 477 g/mol. The van der Waals surface area contributed by atoms with Gasteiger partial charge in [-0.05, 0) is 35.9 Å². The van der Waals surface area contributed by atoms with E-state index in [2.05, 4.69) is 0 Å². The molecule has 0 bridgehead atoms. The Hall–Kier alpha value is -2.74. The van der Waals surface area contributed by atoms with Gasteiger partial charge in [-0.25, -0.2) is 0 Å². The fourth-order valence-corrected chi connectivity index (χ4v) is 4.29. The average Bonchev–Trinajstić information content (AvgIpc) is 3.04. The second-order valence-electron chi connectivity index (χ2n) is 7.61. The SMILES string of the molecule is COCCN1C(=O)C(=O)/C(=C(\O)c2ccc3c(c2)N(C)CCO3)C1c1ccc(Cl)c(Cl)c1. The number of rotatable bonds is 5. The van der Waals surface area contributed by atoms with Crippen molar-refractivity contribution >= 4 is 46.3 Å². The first-order valence-electron chi connectivity index (χ1n) is 10.0. The summed E-state index contributed by atoms with van der Waals surface area (Å²) >= 11 is 12.3. The molecule has 1 saturated heterocycles. The molecule has 7 nitrogen and oxygen atoms in total. The van der Waals surface area contributed by atoms with Crippen molar-refractivity contribution in [2.45, 2.75) is 6.04 Å². The number of aliphatic hydroxyl groups is 1. The second kappa shape index (κ2) is 9.02. The summed E-state index contributed by atoms with van der Waals surface area (Å²) in [6.07, 6.45) is 0. The van der Waals surface area contributed by atoms with E-state index in [1.165, 1.54) is 12.0 Å². The quantitative estimate of drug-likeness (QED) is 0.400. The summed E-state index contributed by atoms with van der Waals surface area (Å²) in [4.78, 5) is 29.3. The number of benzene rings is 2. The Balaban J connectivity index is 1.86. The van der Waals surface area contributed by atoms with Gasteiger partial charge in [0.1, 0.15) is 18.1 Å². The standard InChI is InChI=1S/C23H22Cl2N2O5/c1-26-7-10-32-18-6-4-14(12-17(18)26)21(28)19-20(13-3-5-15(24)16(25)11-13)27(8-9-31-2)23(30)22(19)29/h3-6,11-12,20,28H,7-10H2,1-2H3/b21-19-. The lowest BCUT2D eigenvalue weighted by molar-refractivity contribution is -0.140. The summed E-state index contributed by atoms with van der Waals surface area (Å²) in [5, 5.41) is 11.9. The van der Waals surface area contributed by atoms with E-state index in [0.29, 0.717) is 35.1 Å². The fourth-order valence-electron chi connectivity index (χ4n) is 3.98. The van der Waals surface area contributed by atoms with Crippen molar-refractivity contribution in [1.82, 2.24) is 4.90 Å². The maximum atomic E-state index is 13.0. The van der Waals surface area contributed by atoms with Crippen molar-refractivity contribution in [2.75, 3.05) is 45.4 Å². The minimum Gasteiger partial charge on any atom is -0.507 e. The first kappa shape index (κ1) is 22.5. The summed E-state index contributed by atoms with van der Waals surface area (Å²) < 4.78 is 10.8. The molecule has 0 saturated carbocycles. The molecule has 168 valence electrons. The number of nitrogens with zero attached hydrogens (tertiary/aromatic N) is 2. The second-order valence-corrected chi connectivity index (χ2v) is 8.43. The minimum absolute atomic E-state index is 0.0103. The Kier molecular flexibility index (Phi) is 6.33. The number of methoxy groups -OCH3 is 1. The lowest BCUT2D eigenvalue weighted by Crippen LogP contribution is -2.32. The predicted octanol–water partition coefficient (Wildman–Crippen LogP) is 3.89. The highest BCUT2D eigenvalue weighted by Gasteiger charge is 2.46. The molecular formula is C23H22Cl2N2O5. The third-order valence-corrected chi connectivity index (χ3v) is 6.40. The Morgan fingerprint density at radius 3 is 2.69 bits per heavy atom. The van der Waals surface area contributed by atoms with Crippen LogP contribution < -0.4 is 9.64 Å². The summed E-state index contributed by atoms with van der Waals surface area (Å²) in [7, 11) is 3.43. The maximum absolute atomic E-state index is 13.0. The molecule has 0 radical (unpaired) electrons. The minimum atomic E-state index is -0.829. The number of hydrogen-bond donors (Lipinski definition) is 1. The number of likely N-dealkylation sites (N-methyl/N-ethyl adjacent to an activating group) is 1. The molecule has 1 unspecified atom stereocenters. The molecule has 32 heavy (non-hydrogen) atoms. The van der Waals surface area contributed by atoms with Crippen molar-refractivity contribution < 1.29 is 24.2 Å². The van der Waals surface area contributed by atoms with Crippen LogP contribution in [-0.4, -0.2) is 62.2 Å². The highest BCUT2D eigenvalue weighted by Crippen LogP contribution is 2.42. The first-order chi connectivity index (χ1) is 15.3. The lowest BCUT2D eigenvalue weighted by Gasteiger charge is -2.28. The van der Waals surface area contributed by atoms with Gasteiger partial charge in [-0.2, -0.15) is 0 Å². The molecule has 4 rings (SSSR count). The number of fused-ring (bicyclic) bond motifs is 1. The number of Topliss-reactive ketones (excluding diaryl/α,β-unsaturated/α-hetero) is 1. The van der Waals surface area contributed by atoms with Gasteiger partial charge in [-0.1, -0.05) is 29.3 Å². The predicted molar refractivity (Wildman–Crippen MR) is 123 cm³/mol. The fraction of sp³-hybridized carbons (Fsp3) is 0.304. The number of hydrogen-bond acceptors (Lipinski definition) is 6. The van der Waals surface area contributed by atoms with E-state index in [-0.39, 0.29) is 29.5 Å². The van der Waals surface area contributed by atoms with Crippen LogP contribution in [0.4, 0.5) is 5.69 Å². The van der Waals surface area contributed by atoms with Gasteiger partial charge >= 0.3 is 0 Å². The van der Waals surface area contributed by atoms with E-state index in [4.69, 9.17) is 32.7 Å². The van der Waals surface area contributed by atoms with Crippen LogP contribution in [0, 0.1) is 0 Å². The molecule has 1 amide bonds. The number of carbonyl (C=O) groups is 2. The van der Waals surface area contributed by atoms with E-state index >= 15 is 0 Å². The van der Waals surface area contributed by atoms with Gasteiger partial charge in [0.05, 0.1) is 40.5 Å². The first-order valence-corrected chi connectivity index (χ1v) is 10.8. The summed E-state index contributed by atoms with van der Waals surface area (Å²) in [5.74, 6) is -1.05. The number of anilines is 1. The van der Waals surface area contributed by atoms with Gasteiger partial charge < -0.3 is 24.4 Å². The maximum Gasteiger partial charge on any atom is 0.295 e. The molecular weight excluding hydrogens is 455 g/mol. The molecule has 2 heterocycles. The van der Waals surface area contributed by atoms with Gasteiger partial charge in [-0.15, -0.1) is 0 Å². The summed E-state index contributed by atoms with van der Waals surface area (Å²) in [6.45, 7) is 1.66. The van der Waals surface area contributed by atoms with Crippen LogP contribution in [0.5, 0.6) is 5.75 Å². The lowest BCUT2D eigenvalue weighted by atomic mass is 9.95. The molecule has 2 aliphatic heterocycles. The molecule has 2 aromatic carbocycles. The zero-order valence-electron chi connectivity index (χ0n) is 17.6. The molecule has 1 fully saturated rings. The van der Waals surface area contributed by atoms with Crippen LogP contribution in [0.2, 0.25) is 10.0 Å².